The molecule has 1 aromatic heterocycles. The number of nitro benzene ring substituents is 1. The third-order valence-corrected chi connectivity index (χ3v) is 2.66. The maximum Gasteiger partial charge on any atom is 0.305 e. The van der Waals surface area contributed by atoms with Crippen LogP contribution in [0.15, 0.2) is 23.0 Å². The molecular weight excluding hydrogens is 286 g/mol. The SMILES string of the molecule is CNCc1cc(=O)[nH]c(-c2c(F)ccc([N+](=O)[O-])c2F)n1. The first kappa shape index (κ1) is 14.7. The van der Waals surface area contributed by atoms with Crippen molar-refractivity contribution in [1.29, 1.82) is 0 Å². The van der Waals surface area contributed by atoms with Gasteiger partial charge < -0.3 is 10.3 Å². The number of halogens is 2. The van der Waals surface area contributed by atoms with Crippen LogP contribution < -0.4 is 10.9 Å². The second-order valence-corrected chi connectivity index (χ2v) is 4.13. The smallest absolute Gasteiger partial charge is 0.305 e. The molecule has 0 aliphatic carbocycles. The van der Waals surface area contributed by atoms with Crippen LogP contribution in [0.25, 0.3) is 11.4 Å². The van der Waals surface area contributed by atoms with Crippen molar-refractivity contribution in [3.8, 4) is 11.4 Å². The van der Waals surface area contributed by atoms with E-state index in [1.54, 1.807) is 7.05 Å². The minimum absolute atomic E-state index is 0.203. The molecule has 0 amide bonds. The average molecular weight is 296 g/mol. The van der Waals surface area contributed by atoms with Gasteiger partial charge in [-0.2, -0.15) is 4.39 Å². The fourth-order valence-corrected chi connectivity index (χ4v) is 1.80. The molecule has 9 heteroatoms. The largest absolute Gasteiger partial charge is 0.314 e. The van der Waals surface area contributed by atoms with Crippen LogP contribution in [0.2, 0.25) is 0 Å². The number of benzene rings is 1. The zero-order valence-corrected chi connectivity index (χ0v) is 10.8. The van der Waals surface area contributed by atoms with E-state index in [1.807, 2.05) is 0 Å². The van der Waals surface area contributed by atoms with Gasteiger partial charge in [0.1, 0.15) is 11.6 Å². The summed E-state index contributed by atoms with van der Waals surface area (Å²) in [6.45, 7) is 0.203. The van der Waals surface area contributed by atoms with Crippen molar-refractivity contribution in [2.45, 2.75) is 6.54 Å². The molecule has 1 heterocycles. The van der Waals surface area contributed by atoms with Crippen molar-refractivity contribution in [3.63, 3.8) is 0 Å². The summed E-state index contributed by atoms with van der Waals surface area (Å²) in [5.41, 5.74) is -2.00. The molecule has 0 saturated heterocycles. The van der Waals surface area contributed by atoms with Gasteiger partial charge in [-0.3, -0.25) is 14.9 Å². The number of hydrogen-bond acceptors (Lipinski definition) is 5. The maximum atomic E-state index is 14.1. The summed E-state index contributed by atoms with van der Waals surface area (Å²) < 4.78 is 27.8. The summed E-state index contributed by atoms with van der Waals surface area (Å²) in [5, 5.41) is 13.4. The van der Waals surface area contributed by atoms with Gasteiger partial charge >= 0.3 is 5.69 Å². The number of aromatic nitrogens is 2. The summed E-state index contributed by atoms with van der Waals surface area (Å²) in [6, 6.07) is 2.62. The lowest BCUT2D eigenvalue weighted by Gasteiger charge is -2.06. The Morgan fingerprint density at radius 3 is 2.76 bits per heavy atom. The van der Waals surface area contributed by atoms with Gasteiger partial charge in [0.15, 0.2) is 0 Å². The molecule has 110 valence electrons. The van der Waals surface area contributed by atoms with E-state index >= 15 is 0 Å². The van der Waals surface area contributed by atoms with Gasteiger partial charge in [-0.25, -0.2) is 9.37 Å². The highest BCUT2D eigenvalue weighted by atomic mass is 19.1. The first-order chi connectivity index (χ1) is 9.93. The molecule has 0 fully saturated rings. The fraction of sp³-hybridized carbons (Fsp3) is 0.167. The molecule has 21 heavy (non-hydrogen) atoms. The van der Waals surface area contributed by atoms with E-state index in [1.165, 1.54) is 0 Å². The Morgan fingerprint density at radius 1 is 1.43 bits per heavy atom. The molecule has 0 radical (unpaired) electrons. The summed E-state index contributed by atoms with van der Waals surface area (Å²) in [7, 11) is 1.61. The van der Waals surface area contributed by atoms with Gasteiger partial charge in [-0.1, -0.05) is 0 Å². The van der Waals surface area contributed by atoms with E-state index in [0.29, 0.717) is 6.07 Å². The summed E-state index contributed by atoms with van der Waals surface area (Å²) >= 11 is 0. The maximum absolute atomic E-state index is 14.1. The molecule has 0 saturated carbocycles. The highest BCUT2D eigenvalue weighted by Crippen LogP contribution is 2.29. The van der Waals surface area contributed by atoms with E-state index in [9.17, 15) is 23.7 Å². The number of H-pyrrole nitrogens is 1. The van der Waals surface area contributed by atoms with Gasteiger partial charge in [-0.15, -0.1) is 0 Å². The van der Waals surface area contributed by atoms with Crippen molar-refractivity contribution >= 4 is 5.69 Å². The molecule has 2 aromatic rings. The van der Waals surface area contributed by atoms with Crippen LogP contribution in [0.3, 0.4) is 0 Å². The standard InChI is InChI=1S/C12H10F2N4O3/c1-15-5-6-4-9(19)17-12(16-6)10-7(13)2-3-8(11(10)14)18(20)21/h2-4,15H,5H2,1H3,(H,16,17,19). The van der Waals surface area contributed by atoms with Crippen molar-refractivity contribution in [1.82, 2.24) is 15.3 Å². The van der Waals surface area contributed by atoms with Crippen LogP contribution in [-0.4, -0.2) is 21.9 Å². The van der Waals surface area contributed by atoms with Crippen LogP contribution in [-0.2, 0) is 6.54 Å². The summed E-state index contributed by atoms with van der Waals surface area (Å²) in [4.78, 5) is 27.3. The topological polar surface area (TPSA) is 101 Å². The van der Waals surface area contributed by atoms with Crippen LogP contribution in [0, 0.1) is 21.7 Å². The number of nitrogens with one attached hydrogen (secondary N) is 2. The Kier molecular flexibility index (Phi) is 4.03. The third-order valence-electron chi connectivity index (χ3n) is 2.66. The van der Waals surface area contributed by atoms with Crippen molar-refractivity contribution in [2.24, 2.45) is 0 Å². The number of nitrogens with zero attached hydrogens (tertiary/aromatic N) is 2. The third kappa shape index (κ3) is 2.92. The minimum Gasteiger partial charge on any atom is -0.314 e. The first-order valence-electron chi connectivity index (χ1n) is 5.81. The number of nitro groups is 1. The monoisotopic (exact) mass is 296 g/mol. The first-order valence-corrected chi connectivity index (χ1v) is 5.81. The number of rotatable bonds is 4. The van der Waals surface area contributed by atoms with Crippen molar-refractivity contribution < 1.29 is 13.7 Å². The van der Waals surface area contributed by atoms with Crippen molar-refractivity contribution in [3.05, 3.63) is 56.0 Å². The predicted octanol–water partition coefficient (Wildman–Crippen LogP) is 1.34. The van der Waals surface area contributed by atoms with Gasteiger partial charge in [0.05, 0.1) is 16.2 Å². The Bertz CT molecular complexity index is 761. The Hall–Kier alpha value is -2.68. The molecule has 0 atom stereocenters. The Labute approximate surface area is 116 Å². The average Bonchev–Trinajstić information content (AvgIpc) is 2.38. The lowest BCUT2D eigenvalue weighted by atomic mass is 10.1. The molecule has 0 unspecified atom stereocenters. The molecular formula is C12H10F2N4O3. The fourth-order valence-electron chi connectivity index (χ4n) is 1.80. The second kappa shape index (κ2) is 5.75. The van der Waals surface area contributed by atoms with Gasteiger partial charge in [0.2, 0.25) is 5.82 Å². The summed E-state index contributed by atoms with van der Waals surface area (Å²) in [6.07, 6.45) is 0. The molecule has 1 aromatic carbocycles. The van der Waals surface area contributed by atoms with Gasteiger partial charge in [-0.05, 0) is 13.1 Å². The van der Waals surface area contributed by atoms with E-state index < -0.39 is 39.2 Å². The zero-order valence-electron chi connectivity index (χ0n) is 10.8. The molecule has 2 N–H and O–H groups in total. The normalized spacial score (nSPS) is 10.6. The Balaban J connectivity index is 2.69. The van der Waals surface area contributed by atoms with E-state index in [0.717, 1.165) is 12.1 Å². The Morgan fingerprint density at radius 2 is 2.14 bits per heavy atom. The van der Waals surface area contributed by atoms with Crippen LogP contribution >= 0.6 is 0 Å². The molecule has 2 rings (SSSR count). The van der Waals surface area contributed by atoms with E-state index in [4.69, 9.17) is 0 Å². The molecule has 0 aliphatic heterocycles. The summed E-state index contributed by atoms with van der Waals surface area (Å²) in [5.74, 6) is -2.83. The zero-order chi connectivity index (χ0) is 15.6. The van der Waals surface area contributed by atoms with Crippen LogP contribution in [0.1, 0.15) is 5.69 Å². The van der Waals surface area contributed by atoms with Gasteiger partial charge in [0, 0.05) is 18.7 Å². The number of hydrogen-bond donors (Lipinski definition) is 2. The van der Waals surface area contributed by atoms with Gasteiger partial charge in [0.25, 0.3) is 5.56 Å². The number of aromatic amines is 1. The van der Waals surface area contributed by atoms with Crippen LogP contribution in [0.4, 0.5) is 14.5 Å². The lowest BCUT2D eigenvalue weighted by molar-refractivity contribution is -0.387. The molecule has 0 spiro atoms. The highest BCUT2D eigenvalue weighted by Gasteiger charge is 2.24. The minimum atomic E-state index is -1.38. The van der Waals surface area contributed by atoms with Crippen molar-refractivity contribution in [2.75, 3.05) is 7.05 Å². The second-order valence-electron chi connectivity index (χ2n) is 4.13. The molecule has 0 aliphatic rings. The van der Waals surface area contributed by atoms with Crippen LogP contribution in [0.5, 0.6) is 0 Å². The highest BCUT2D eigenvalue weighted by molar-refractivity contribution is 5.61. The molecule has 0 bridgehead atoms. The quantitative estimate of drug-likeness (QED) is 0.655. The van der Waals surface area contributed by atoms with E-state index in [2.05, 4.69) is 15.3 Å². The molecule has 7 nitrogen and oxygen atoms in total. The lowest BCUT2D eigenvalue weighted by Crippen LogP contribution is -2.15. The van der Waals surface area contributed by atoms with E-state index in [-0.39, 0.29) is 12.2 Å². The predicted molar refractivity (Wildman–Crippen MR) is 69.6 cm³/mol.